The lowest BCUT2D eigenvalue weighted by Gasteiger charge is -2.06. The molecule has 0 radical (unpaired) electrons. The predicted molar refractivity (Wildman–Crippen MR) is 75.9 cm³/mol. The van der Waals surface area contributed by atoms with Gasteiger partial charge in [0.1, 0.15) is 28.6 Å². The van der Waals surface area contributed by atoms with Crippen LogP contribution in [0.1, 0.15) is 25.5 Å². The number of hydrogen-bond acceptors (Lipinski definition) is 5. The van der Waals surface area contributed by atoms with Gasteiger partial charge in [0.2, 0.25) is 0 Å². The molecule has 0 aliphatic carbocycles. The third-order valence-electron chi connectivity index (χ3n) is 3.25. The number of nitrogens with zero attached hydrogens (tertiary/aromatic N) is 6. The summed E-state index contributed by atoms with van der Waals surface area (Å²) in [6.07, 6.45) is 5.21. The molecule has 0 aliphatic rings. The lowest BCUT2D eigenvalue weighted by Crippen LogP contribution is -2.00. The van der Waals surface area contributed by atoms with E-state index in [0.717, 1.165) is 11.3 Å². The highest BCUT2D eigenvalue weighted by Crippen LogP contribution is 2.28. The minimum Gasteiger partial charge on any atom is -0.494 e. The summed E-state index contributed by atoms with van der Waals surface area (Å²) < 4.78 is 8.79. The zero-order valence-electron chi connectivity index (χ0n) is 12.0. The van der Waals surface area contributed by atoms with Gasteiger partial charge in [0, 0.05) is 17.8 Å². The first-order valence-electron chi connectivity index (χ1n) is 6.51. The highest BCUT2D eigenvalue weighted by molar-refractivity contribution is 5.74. The van der Waals surface area contributed by atoms with Gasteiger partial charge >= 0.3 is 0 Å². The molecule has 0 saturated heterocycles. The third-order valence-corrected chi connectivity index (χ3v) is 3.25. The van der Waals surface area contributed by atoms with Crippen LogP contribution in [0.2, 0.25) is 0 Å². The van der Waals surface area contributed by atoms with Crippen molar-refractivity contribution in [3.63, 3.8) is 0 Å². The molecule has 0 aromatic carbocycles. The van der Waals surface area contributed by atoms with Crippen molar-refractivity contribution in [2.24, 2.45) is 0 Å². The first-order chi connectivity index (χ1) is 10.1. The van der Waals surface area contributed by atoms with Gasteiger partial charge in [0.05, 0.1) is 19.5 Å². The summed E-state index contributed by atoms with van der Waals surface area (Å²) in [4.78, 5) is 0. The summed E-state index contributed by atoms with van der Waals surface area (Å²) in [5.74, 6) is 0.584. The molecular weight excluding hydrogens is 268 g/mol. The zero-order chi connectivity index (χ0) is 15.0. The SMILES string of the molecule is COc1cc(-c2cn(C(C)C)nn2)cn2ncc(C#N)c12. The molecule has 0 atom stereocenters. The van der Waals surface area contributed by atoms with E-state index in [4.69, 9.17) is 10.00 Å². The number of rotatable bonds is 3. The molecule has 0 bridgehead atoms. The van der Waals surface area contributed by atoms with Gasteiger partial charge in [-0.25, -0.2) is 9.20 Å². The Balaban J connectivity index is 2.17. The minimum absolute atomic E-state index is 0.242. The van der Waals surface area contributed by atoms with Crippen LogP contribution in [0.3, 0.4) is 0 Å². The van der Waals surface area contributed by atoms with Crippen LogP contribution < -0.4 is 4.74 Å². The average Bonchev–Trinajstić information content (AvgIpc) is 3.12. The summed E-state index contributed by atoms with van der Waals surface area (Å²) in [5.41, 5.74) is 2.70. The Labute approximate surface area is 121 Å². The van der Waals surface area contributed by atoms with Gasteiger partial charge in [-0.1, -0.05) is 5.21 Å². The van der Waals surface area contributed by atoms with Crippen LogP contribution in [0.15, 0.2) is 24.7 Å². The minimum atomic E-state index is 0.242. The van der Waals surface area contributed by atoms with E-state index < -0.39 is 0 Å². The van der Waals surface area contributed by atoms with Crippen molar-refractivity contribution in [1.82, 2.24) is 24.6 Å². The second kappa shape index (κ2) is 4.90. The maximum absolute atomic E-state index is 9.11. The normalized spacial score (nSPS) is 11.0. The van der Waals surface area contributed by atoms with E-state index in [1.807, 2.05) is 32.3 Å². The summed E-state index contributed by atoms with van der Waals surface area (Å²) in [7, 11) is 1.57. The van der Waals surface area contributed by atoms with Gasteiger partial charge in [-0.05, 0) is 19.9 Å². The van der Waals surface area contributed by atoms with E-state index in [0.29, 0.717) is 16.8 Å². The Hall–Kier alpha value is -2.88. The predicted octanol–water partition coefficient (Wildman–Crippen LogP) is 2.05. The van der Waals surface area contributed by atoms with Gasteiger partial charge in [0.25, 0.3) is 0 Å². The Morgan fingerprint density at radius 2 is 2.14 bits per heavy atom. The number of ether oxygens (including phenoxy) is 1. The summed E-state index contributed by atoms with van der Waals surface area (Å²) in [6, 6.07) is 4.19. The molecule has 0 aliphatic heterocycles. The van der Waals surface area contributed by atoms with E-state index in [1.165, 1.54) is 6.20 Å². The van der Waals surface area contributed by atoms with E-state index in [1.54, 1.807) is 16.3 Å². The van der Waals surface area contributed by atoms with Crippen LogP contribution in [-0.4, -0.2) is 31.7 Å². The summed E-state index contributed by atoms with van der Waals surface area (Å²) in [5, 5.41) is 21.6. The second-order valence-electron chi connectivity index (χ2n) is 4.94. The maximum Gasteiger partial charge on any atom is 0.146 e. The van der Waals surface area contributed by atoms with Crippen molar-refractivity contribution >= 4 is 5.52 Å². The van der Waals surface area contributed by atoms with E-state index in [2.05, 4.69) is 21.5 Å². The molecule has 106 valence electrons. The molecule has 21 heavy (non-hydrogen) atoms. The summed E-state index contributed by atoms with van der Waals surface area (Å²) >= 11 is 0. The molecule has 3 aromatic rings. The molecule has 0 N–H and O–H groups in total. The van der Waals surface area contributed by atoms with Crippen molar-refractivity contribution in [3.05, 3.63) is 30.2 Å². The molecule has 3 rings (SSSR count). The van der Waals surface area contributed by atoms with Crippen molar-refractivity contribution in [2.75, 3.05) is 7.11 Å². The Bertz CT molecular complexity index is 839. The molecule has 0 spiro atoms. The van der Waals surface area contributed by atoms with E-state index in [9.17, 15) is 0 Å². The van der Waals surface area contributed by atoms with Crippen LogP contribution in [0.5, 0.6) is 5.75 Å². The number of aromatic nitrogens is 5. The first-order valence-corrected chi connectivity index (χ1v) is 6.51. The zero-order valence-corrected chi connectivity index (χ0v) is 12.0. The molecule has 0 fully saturated rings. The molecule has 0 saturated carbocycles. The fraction of sp³-hybridized carbons (Fsp3) is 0.286. The molecule has 7 nitrogen and oxygen atoms in total. The van der Waals surface area contributed by atoms with Crippen molar-refractivity contribution in [1.29, 1.82) is 5.26 Å². The monoisotopic (exact) mass is 282 g/mol. The van der Waals surface area contributed by atoms with Gasteiger partial charge in [-0.15, -0.1) is 5.10 Å². The molecule has 3 aromatic heterocycles. The fourth-order valence-electron chi connectivity index (χ4n) is 2.12. The molecule has 7 heteroatoms. The van der Waals surface area contributed by atoms with E-state index in [-0.39, 0.29) is 6.04 Å². The van der Waals surface area contributed by atoms with Crippen LogP contribution in [0, 0.1) is 11.3 Å². The van der Waals surface area contributed by atoms with Crippen molar-refractivity contribution in [3.8, 4) is 23.1 Å². The largest absolute Gasteiger partial charge is 0.494 e. The number of nitriles is 1. The van der Waals surface area contributed by atoms with Gasteiger partial charge < -0.3 is 4.74 Å². The van der Waals surface area contributed by atoms with Crippen molar-refractivity contribution in [2.45, 2.75) is 19.9 Å². The number of pyridine rings is 1. The summed E-state index contributed by atoms with van der Waals surface area (Å²) in [6.45, 7) is 4.07. The van der Waals surface area contributed by atoms with Gasteiger partial charge in [-0.3, -0.25) is 0 Å². The Kier molecular flexibility index (Phi) is 3.06. The standard InChI is InChI=1S/C14H14N6O/c1-9(2)19-8-12(17-18-19)10-4-13(21-3)14-11(5-15)6-16-20(14)7-10/h4,6-9H,1-3H3. The topological polar surface area (TPSA) is 81.0 Å². The van der Waals surface area contributed by atoms with Gasteiger partial charge in [-0.2, -0.15) is 10.4 Å². The molecule has 3 heterocycles. The van der Waals surface area contributed by atoms with Gasteiger partial charge in [0.15, 0.2) is 0 Å². The number of methoxy groups -OCH3 is 1. The molecule has 0 unspecified atom stereocenters. The Morgan fingerprint density at radius 1 is 1.33 bits per heavy atom. The van der Waals surface area contributed by atoms with Crippen LogP contribution in [0.4, 0.5) is 0 Å². The molecular formula is C14H14N6O. The van der Waals surface area contributed by atoms with E-state index >= 15 is 0 Å². The first kappa shape index (κ1) is 13.1. The highest BCUT2D eigenvalue weighted by atomic mass is 16.5. The highest BCUT2D eigenvalue weighted by Gasteiger charge is 2.14. The maximum atomic E-state index is 9.11. The number of hydrogen-bond donors (Lipinski definition) is 0. The Morgan fingerprint density at radius 3 is 2.76 bits per heavy atom. The fourth-order valence-corrected chi connectivity index (χ4v) is 2.12. The lowest BCUT2D eigenvalue weighted by atomic mass is 10.2. The smallest absolute Gasteiger partial charge is 0.146 e. The molecule has 0 amide bonds. The van der Waals surface area contributed by atoms with Crippen molar-refractivity contribution < 1.29 is 4.74 Å². The third kappa shape index (κ3) is 2.10. The average molecular weight is 282 g/mol. The quantitative estimate of drug-likeness (QED) is 0.734. The van der Waals surface area contributed by atoms with Crippen LogP contribution in [-0.2, 0) is 0 Å². The van der Waals surface area contributed by atoms with Crippen LogP contribution >= 0.6 is 0 Å². The lowest BCUT2D eigenvalue weighted by molar-refractivity contribution is 0.417. The number of fused-ring (bicyclic) bond motifs is 1. The van der Waals surface area contributed by atoms with Crippen LogP contribution in [0.25, 0.3) is 16.8 Å². The second-order valence-corrected chi connectivity index (χ2v) is 4.94.